The van der Waals surface area contributed by atoms with Gasteiger partial charge in [0.05, 0.1) is 0 Å². The van der Waals surface area contributed by atoms with Crippen molar-refractivity contribution in [2.45, 2.75) is 25.8 Å². The van der Waals surface area contributed by atoms with Gasteiger partial charge in [0.1, 0.15) is 5.92 Å². The highest BCUT2D eigenvalue weighted by molar-refractivity contribution is 6.32. The molecule has 0 radical (unpaired) electrons. The number of benzene rings is 1. The van der Waals surface area contributed by atoms with Gasteiger partial charge in [0.2, 0.25) is 0 Å². The average molecular weight is 240 g/mol. The molecule has 0 bridgehead atoms. The second-order valence-corrected chi connectivity index (χ2v) is 4.72. The molecule has 1 aromatic carbocycles. The molecule has 0 spiro atoms. The summed E-state index contributed by atoms with van der Waals surface area (Å²) < 4.78 is 0. The Kier molecular flexibility index (Phi) is 2.80. The Bertz CT molecular complexity index is 431. The number of hydrogen-bond donors (Lipinski definition) is 1. The van der Waals surface area contributed by atoms with Crippen LogP contribution in [0.3, 0.4) is 0 Å². The molecule has 0 aliphatic carbocycles. The standard InChI is InChI=1S/C12H14ClNO2/c1-7(2)14-6-8(12(15)16)11-9(13)4-3-5-10(11)14/h3-5,7-8H,6H2,1-2H3,(H,15,16). The molecule has 4 heteroatoms. The number of carboxylic acids is 1. The van der Waals surface area contributed by atoms with Gasteiger partial charge < -0.3 is 10.0 Å². The van der Waals surface area contributed by atoms with Crippen LogP contribution in [-0.2, 0) is 4.79 Å². The predicted molar refractivity (Wildman–Crippen MR) is 64.3 cm³/mol. The molecule has 0 fully saturated rings. The van der Waals surface area contributed by atoms with E-state index >= 15 is 0 Å². The van der Waals surface area contributed by atoms with Gasteiger partial charge in [-0.25, -0.2) is 0 Å². The molecule has 1 N–H and O–H groups in total. The van der Waals surface area contributed by atoms with Crippen LogP contribution in [0, 0.1) is 0 Å². The first-order valence-electron chi connectivity index (χ1n) is 5.30. The summed E-state index contributed by atoms with van der Waals surface area (Å²) >= 11 is 6.09. The quantitative estimate of drug-likeness (QED) is 0.863. The van der Waals surface area contributed by atoms with Gasteiger partial charge in [0.25, 0.3) is 0 Å². The lowest BCUT2D eigenvalue weighted by molar-refractivity contribution is -0.138. The van der Waals surface area contributed by atoms with Crippen LogP contribution < -0.4 is 4.90 Å². The number of nitrogens with zero attached hydrogens (tertiary/aromatic N) is 1. The van der Waals surface area contributed by atoms with Crippen molar-refractivity contribution in [2.24, 2.45) is 0 Å². The Hall–Kier alpha value is -1.22. The zero-order chi connectivity index (χ0) is 11.9. The summed E-state index contributed by atoms with van der Waals surface area (Å²) in [5.41, 5.74) is 1.71. The Labute approximate surface area is 99.6 Å². The number of anilines is 1. The minimum absolute atomic E-state index is 0.279. The number of halogens is 1. The fourth-order valence-electron chi connectivity index (χ4n) is 2.20. The number of carbonyl (C=O) groups is 1. The first-order chi connectivity index (χ1) is 7.52. The van der Waals surface area contributed by atoms with E-state index in [4.69, 9.17) is 11.6 Å². The highest BCUT2D eigenvalue weighted by atomic mass is 35.5. The topological polar surface area (TPSA) is 40.5 Å². The number of aliphatic carboxylic acids is 1. The first kappa shape index (κ1) is 11.3. The molecule has 1 atom stereocenters. The third-order valence-electron chi connectivity index (χ3n) is 2.99. The van der Waals surface area contributed by atoms with Crippen molar-refractivity contribution >= 4 is 23.3 Å². The molecule has 0 amide bonds. The predicted octanol–water partition coefficient (Wildman–Crippen LogP) is 2.74. The second kappa shape index (κ2) is 3.98. The molecule has 1 aliphatic heterocycles. The maximum atomic E-state index is 11.2. The maximum absolute atomic E-state index is 11.2. The number of rotatable bonds is 2. The van der Waals surface area contributed by atoms with E-state index in [0.717, 1.165) is 11.3 Å². The highest BCUT2D eigenvalue weighted by Crippen LogP contribution is 2.41. The van der Waals surface area contributed by atoms with Gasteiger partial charge in [0.15, 0.2) is 0 Å². The summed E-state index contributed by atoms with van der Waals surface area (Å²) in [5.74, 6) is -1.32. The maximum Gasteiger partial charge on any atom is 0.312 e. The van der Waals surface area contributed by atoms with E-state index in [1.807, 2.05) is 12.1 Å². The molecular weight excluding hydrogens is 226 g/mol. The van der Waals surface area contributed by atoms with Crippen molar-refractivity contribution in [1.29, 1.82) is 0 Å². The smallest absolute Gasteiger partial charge is 0.312 e. The van der Waals surface area contributed by atoms with E-state index in [1.54, 1.807) is 6.07 Å². The van der Waals surface area contributed by atoms with E-state index in [-0.39, 0.29) is 6.04 Å². The minimum Gasteiger partial charge on any atom is -0.481 e. The molecule has 1 aliphatic rings. The van der Waals surface area contributed by atoms with E-state index < -0.39 is 11.9 Å². The van der Waals surface area contributed by atoms with Gasteiger partial charge in [-0.2, -0.15) is 0 Å². The molecule has 1 heterocycles. The van der Waals surface area contributed by atoms with Crippen LogP contribution in [-0.4, -0.2) is 23.7 Å². The van der Waals surface area contributed by atoms with Crippen molar-refractivity contribution in [1.82, 2.24) is 0 Å². The lowest BCUT2D eigenvalue weighted by atomic mass is 10.0. The summed E-state index contributed by atoms with van der Waals surface area (Å²) in [7, 11) is 0. The number of carboxylic acid groups (broad SMARTS) is 1. The highest BCUT2D eigenvalue weighted by Gasteiger charge is 2.36. The largest absolute Gasteiger partial charge is 0.481 e. The zero-order valence-electron chi connectivity index (χ0n) is 9.27. The lowest BCUT2D eigenvalue weighted by Crippen LogP contribution is -2.30. The summed E-state index contributed by atoms with van der Waals surface area (Å²) in [6.07, 6.45) is 0. The lowest BCUT2D eigenvalue weighted by Gasteiger charge is -2.24. The van der Waals surface area contributed by atoms with Crippen LogP contribution in [0.1, 0.15) is 25.3 Å². The van der Waals surface area contributed by atoms with Crippen molar-refractivity contribution in [3.8, 4) is 0 Å². The zero-order valence-corrected chi connectivity index (χ0v) is 10.0. The summed E-state index contributed by atoms with van der Waals surface area (Å²) in [6, 6.07) is 5.83. The number of hydrogen-bond acceptors (Lipinski definition) is 2. The molecule has 0 saturated carbocycles. The van der Waals surface area contributed by atoms with Gasteiger partial charge >= 0.3 is 5.97 Å². The fourth-order valence-corrected chi connectivity index (χ4v) is 2.50. The summed E-state index contributed by atoms with van der Waals surface area (Å²) in [5, 5.41) is 9.75. The van der Waals surface area contributed by atoms with E-state index in [9.17, 15) is 9.90 Å². The van der Waals surface area contributed by atoms with Gasteiger partial charge in [-0.05, 0) is 26.0 Å². The van der Waals surface area contributed by atoms with Gasteiger partial charge in [-0.3, -0.25) is 4.79 Å². The second-order valence-electron chi connectivity index (χ2n) is 4.31. The Balaban J connectivity index is 2.53. The van der Waals surface area contributed by atoms with E-state index in [2.05, 4.69) is 18.7 Å². The Morgan fingerprint density at radius 1 is 1.56 bits per heavy atom. The molecular formula is C12H14ClNO2. The normalized spacial score (nSPS) is 19.0. The Morgan fingerprint density at radius 3 is 2.81 bits per heavy atom. The van der Waals surface area contributed by atoms with Crippen molar-refractivity contribution in [3.63, 3.8) is 0 Å². The monoisotopic (exact) mass is 239 g/mol. The third-order valence-corrected chi connectivity index (χ3v) is 3.32. The SMILES string of the molecule is CC(C)N1CC(C(=O)O)c2c(Cl)cccc21. The minimum atomic E-state index is -0.808. The van der Waals surface area contributed by atoms with Crippen LogP contribution in [0.2, 0.25) is 5.02 Å². The molecule has 2 rings (SSSR count). The van der Waals surface area contributed by atoms with Crippen molar-refractivity contribution in [3.05, 3.63) is 28.8 Å². The molecule has 1 aromatic rings. The van der Waals surface area contributed by atoms with E-state index in [1.165, 1.54) is 0 Å². The molecule has 86 valence electrons. The molecule has 0 aromatic heterocycles. The van der Waals surface area contributed by atoms with E-state index in [0.29, 0.717) is 11.6 Å². The van der Waals surface area contributed by atoms with Crippen LogP contribution in [0.25, 0.3) is 0 Å². The molecule has 1 unspecified atom stereocenters. The molecule has 0 saturated heterocycles. The molecule has 16 heavy (non-hydrogen) atoms. The Morgan fingerprint density at radius 2 is 2.25 bits per heavy atom. The van der Waals surface area contributed by atoms with Gasteiger partial charge in [-0.1, -0.05) is 17.7 Å². The van der Waals surface area contributed by atoms with Crippen LogP contribution in [0.4, 0.5) is 5.69 Å². The number of fused-ring (bicyclic) bond motifs is 1. The van der Waals surface area contributed by atoms with Crippen LogP contribution >= 0.6 is 11.6 Å². The van der Waals surface area contributed by atoms with Gasteiger partial charge in [-0.15, -0.1) is 0 Å². The molecule has 3 nitrogen and oxygen atoms in total. The summed E-state index contributed by atoms with van der Waals surface area (Å²) in [4.78, 5) is 13.3. The van der Waals surface area contributed by atoms with Crippen molar-refractivity contribution < 1.29 is 9.90 Å². The average Bonchev–Trinajstić information content (AvgIpc) is 2.58. The van der Waals surface area contributed by atoms with Crippen LogP contribution in [0.15, 0.2) is 18.2 Å². The third kappa shape index (κ3) is 1.65. The van der Waals surface area contributed by atoms with Crippen molar-refractivity contribution in [2.75, 3.05) is 11.4 Å². The van der Waals surface area contributed by atoms with Gasteiger partial charge in [0, 0.05) is 28.9 Å². The first-order valence-corrected chi connectivity index (χ1v) is 5.68. The fraction of sp³-hybridized carbons (Fsp3) is 0.417. The summed E-state index contributed by atoms with van der Waals surface area (Å²) in [6.45, 7) is 4.61. The van der Waals surface area contributed by atoms with Crippen LogP contribution in [0.5, 0.6) is 0 Å².